The van der Waals surface area contributed by atoms with E-state index in [0.717, 1.165) is 36.3 Å². The molecule has 3 aromatic rings. The highest BCUT2D eigenvalue weighted by atomic mass is 15.4. The van der Waals surface area contributed by atoms with E-state index in [4.69, 9.17) is 5.10 Å². The Hall–Kier alpha value is -2.77. The monoisotopic (exact) mass is 336 g/mol. The highest BCUT2D eigenvalue weighted by Gasteiger charge is 2.33. The van der Waals surface area contributed by atoms with Crippen molar-refractivity contribution in [3.05, 3.63) is 36.4 Å². The highest BCUT2D eigenvalue weighted by molar-refractivity contribution is 5.50. The summed E-state index contributed by atoms with van der Waals surface area (Å²) in [4.78, 5) is 13.0. The first-order valence-electron chi connectivity index (χ1n) is 8.77. The normalized spacial score (nSPS) is 18.2. The van der Waals surface area contributed by atoms with Gasteiger partial charge in [-0.1, -0.05) is 6.42 Å². The molecule has 8 heteroatoms. The molecule has 1 saturated heterocycles. The summed E-state index contributed by atoms with van der Waals surface area (Å²) < 4.78 is 1.93. The van der Waals surface area contributed by atoms with E-state index < -0.39 is 0 Å². The largest absolute Gasteiger partial charge is 0.351 e. The van der Waals surface area contributed by atoms with Crippen molar-refractivity contribution < 1.29 is 0 Å². The smallest absolute Gasteiger partial charge is 0.225 e. The lowest BCUT2D eigenvalue weighted by Crippen LogP contribution is -2.59. The molecule has 0 atom stereocenters. The first-order chi connectivity index (χ1) is 12.3. The van der Waals surface area contributed by atoms with E-state index in [9.17, 15) is 0 Å². The first kappa shape index (κ1) is 14.6. The Bertz CT molecular complexity index is 882. The molecule has 1 aliphatic carbocycles. The van der Waals surface area contributed by atoms with Crippen molar-refractivity contribution in [3.8, 4) is 0 Å². The van der Waals surface area contributed by atoms with Gasteiger partial charge in [-0.3, -0.25) is 0 Å². The van der Waals surface area contributed by atoms with Crippen molar-refractivity contribution in [3.63, 3.8) is 0 Å². The molecule has 0 unspecified atom stereocenters. The van der Waals surface area contributed by atoms with Crippen LogP contribution in [0.1, 0.15) is 31.0 Å². The molecular weight excluding hydrogens is 316 g/mol. The van der Waals surface area contributed by atoms with Crippen molar-refractivity contribution in [2.75, 3.05) is 29.9 Å². The Balaban J connectivity index is 1.33. The van der Waals surface area contributed by atoms with Gasteiger partial charge in [0.25, 0.3) is 0 Å². The summed E-state index contributed by atoms with van der Waals surface area (Å²) >= 11 is 0. The third-order valence-corrected chi connectivity index (χ3v) is 5.34. The Labute approximate surface area is 145 Å². The van der Waals surface area contributed by atoms with E-state index in [0.29, 0.717) is 12.0 Å². The second kappa shape index (κ2) is 5.65. The molecule has 25 heavy (non-hydrogen) atoms. The molecule has 8 nitrogen and oxygen atoms in total. The van der Waals surface area contributed by atoms with Crippen LogP contribution in [0, 0.1) is 0 Å². The fourth-order valence-electron chi connectivity index (χ4n) is 3.41. The van der Waals surface area contributed by atoms with Crippen LogP contribution in [-0.2, 0) is 0 Å². The standard InChI is InChI=1S/C17H20N8/c1-23(17-18-8-3-9-19-17)13-10-24(11-13)15-7-6-14-20-21-16(25(14)22-15)12-4-2-5-12/h3,6-9,12-13H,2,4-5,10-11H2,1H3. The van der Waals surface area contributed by atoms with Gasteiger partial charge in [-0.2, -0.15) is 4.52 Å². The molecule has 128 valence electrons. The molecular formula is C17H20N8. The lowest BCUT2D eigenvalue weighted by molar-refractivity contribution is 0.394. The van der Waals surface area contributed by atoms with Gasteiger partial charge in [0.05, 0.1) is 6.04 Å². The van der Waals surface area contributed by atoms with Crippen molar-refractivity contribution in [2.24, 2.45) is 0 Å². The maximum Gasteiger partial charge on any atom is 0.225 e. The number of likely N-dealkylation sites (N-methyl/N-ethyl adjacent to an activating group) is 1. The quantitative estimate of drug-likeness (QED) is 0.715. The Morgan fingerprint density at radius 3 is 2.60 bits per heavy atom. The number of rotatable bonds is 4. The van der Waals surface area contributed by atoms with Gasteiger partial charge in [-0.05, 0) is 31.0 Å². The minimum absolute atomic E-state index is 0.395. The van der Waals surface area contributed by atoms with Crippen LogP contribution in [0.4, 0.5) is 11.8 Å². The molecule has 3 aromatic heterocycles. The average molecular weight is 336 g/mol. The number of aromatic nitrogens is 6. The zero-order chi connectivity index (χ0) is 16.8. The number of nitrogens with zero attached hydrogens (tertiary/aromatic N) is 8. The van der Waals surface area contributed by atoms with Crippen LogP contribution in [0.25, 0.3) is 5.65 Å². The van der Waals surface area contributed by atoms with Gasteiger partial charge >= 0.3 is 0 Å². The van der Waals surface area contributed by atoms with Gasteiger partial charge in [0.1, 0.15) is 5.82 Å². The molecule has 0 radical (unpaired) electrons. The van der Waals surface area contributed by atoms with E-state index in [1.165, 1.54) is 19.3 Å². The highest BCUT2D eigenvalue weighted by Crippen LogP contribution is 2.35. The summed E-state index contributed by atoms with van der Waals surface area (Å²) in [6, 6.07) is 6.27. The molecule has 0 aromatic carbocycles. The van der Waals surface area contributed by atoms with Gasteiger partial charge in [0.2, 0.25) is 5.95 Å². The van der Waals surface area contributed by atoms with Crippen molar-refractivity contribution in [1.29, 1.82) is 0 Å². The fraction of sp³-hybridized carbons (Fsp3) is 0.471. The van der Waals surface area contributed by atoms with E-state index >= 15 is 0 Å². The maximum atomic E-state index is 4.79. The van der Waals surface area contributed by atoms with E-state index in [1.54, 1.807) is 12.4 Å². The predicted octanol–water partition coefficient (Wildman–Crippen LogP) is 1.51. The fourth-order valence-corrected chi connectivity index (χ4v) is 3.41. The zero-order valence-electron chi connectivity index (χ0n) is 14.2. The molecule has 5 rings (SSSR count). The minimum atomic E-state index is 0.395. The van der Waals surface area contributed by atoms with Gasteiger partial charge < -0.3 is 9.80 Å². The summed E-state index contributed by atoms with van der Waals surface area (Å²) in [5.74, 6) is 3.27. The molecule has 2 fully saturated rings. The summed E-state index contributed by atoms with van der Waals surface area (Å²) in [7, 11) is 2.04. The first-order valence-corrected chi connectivity index (χ1v) is 8.77. The van der Waals surface area contributed by atoms with E-state index in [-0.39, 0.29) is 0 Å². The number of fused-ring (bicyclic) bond motifs is 1. The van der Waals surface area contributed by atoms with Crippen LogP contribution in [0.2, 0.25) is 0 Å². The van der Waals surface area contributed by atoms with Crippen molar-refractivity contribution in [2.45, 2.75) is 31.2 Å². The predicted molar refractivity (Wildman–Crippen MR) is 93.8 cm³/mol. The lowest BCUT2D eigenvalue weighted by atomic mass is 9.85. The second-order valence-electron chi connectivity index (χ2n) is 6.87. The van der Waals surface area contributed by atoms with Crippen LogP contribution < -0.4 is 9.80 Å². The van der Waals surface area contributed by atoms with Crippen LogP contribution in [0.5, 0.6) is 0 Å². The Kier molecular flexibility index (Phi) is 3.29. The minimum Gasteiger partial charge on any atom is -0.351 e. The molecule has 4 heterocycles. The molecule has 1 saturated carbocycles. The van der Waals surface area contributed by atoms with E-state index in [1.807, 2.05) is 29.8 Å². The second-order valence-corrected chi connectivity index (χ2v) is 6.87. The van der Waals surface area contributed by atoms with Crippen LogP contribution in [0.3, 0.4) is 0 Å². The van der Waals surface area contributed by atoms with E-state index in [2.05, 4.69) is 30.0 Å². The molecule has 2 aliphatic rings. The molecule has 0 N–H and O–H groups in total. The molecule has 0 spiro atoms. The third kappa shape index (κ3) is 2.40. The lowest BCUT2D eigenvalue weighted by Gasteiger charge is -2.44. The summed E-state index contributed by atoms with van der Waals surface area (Å²) in [6.07, 6.45) is 7.22. The SMILES string of the molecule is CN(c1ncccn1)C1CN(c2ccc3nnc(C4CCC4)n3n2)C1. The van der Waals surface area contributed by atoms with Gasteiger partial charge in [0.15, 0.2) is 11.5 Å². The number of hydrogen-bond acceptors (Lipinski definition) is 7. The molecule has 1 aliphatic heterocycles. The Morgan fingerprint density at radius 1 is 1.08 bits per heavy atom. The topological polar surface area (TPSA) is 75.3 Å². The summed E-state index contributed by atoms with van der Waals surface area (Å²) in [6.45, 7) is 1.82. The zero-order valence-corrected chi connectivity index (χ0v) is 14.2. The Morgan fingerprint density at radius 2 is 1.88 bits per heavy atom. The summed E-state index contributed by atoms with van der Waals surface area (Å²) in [5, 5.41) is 13.4. The summed E-state index contributed by atoms with van der Waals surface area (Å²) in [5.41, 5.74) is 0.831. The van der Waals surface area contributed by atoms with Crippen LogP contribution in [0.15, 0.2) is 30.6 Å². The van der Waals surface area contributed by atoms with Crippen molar-refractivity contribution >= 4 is 17.4 Å². The van der Waals surface area contributed by atoms with Crippen molar-refractivity contribution in [1.82, 2.24) is 29.8 Å². The maximum absolute atomic E-state index is 4.79. The van der Waals surface area contributed by atoms with Gasteiger partial charge in [-0.25, -0.2) is 9.97 Å². The van der Waals surface area contributed by atoms with Crippen LogP contribution >= 0.6 is 0 Å². The number of hydrogen-bond donors (Lipinski definition) is 0. The average Bonchev–Trinajstić information content (AvgIpc) is 2.96. The van der Waals surface area contributed by atoms with Gasteiger partial charge in [-0.15, -0.1) is 15.3 Å². The number of anilines is 2. The molecule has 0 amide bonds. The third-order valence-electron chi connectivity index (χ3n) is 5.34. The van der Waals surface area contributed by atoms with Gasteiger partial charge in [0, 0.05) is 38.4 Å². The van der Waals surface area contributed by atoms with Crippen LogP contribution in [-0.4, -0.2) is 56.0 Å². The molecule has 0 bridgehead atoms.